The van der Waals surface area contributed by atoms with Gasteiger partial charge in [0.1, 0.15) is 6.54 Å². The van der Waals surface area contributed by atoms with Gasteiger partial charge in [-0.25, -0.2) is 4.98 Å². The molecule has 0 saturated carbocycles. The van der Waals surface area contributed by atoms with Crippen molar-refractivity contribution < 1.29 is 9.59 Å². The monoisotopic (exact) mass is 387 g/mol. The summed E-state index contributed by atoms with van der Waals surface area (Å²) in [6, 6.07) is 17.6. The van der Waals surface area contributed by atoms with E-state index in [0.717, 1.165) is 0 Å². The second-order valence-electron chi connectivity index (χ2n) is 6.30. The quantitative estimate of drug-likeness (QED) is 0.520. The van der Waals surface area contributed by atoms with Gasteiger partial charge >= 0.3 is 0 Å². The maximum Gasteiger partial charge on any atom is 0.271 e. The van der Waals surface area contributed by atoms with Crippen molar-refractivity contribution >= 4 is 22.7 Å². The summed E-state index contributed by atoms with van der Waals surface area (Å²) in [5.74, 6) is -1.01. The minimum absolute atomic E-state index is 0.268. The number of hydrogen-bond acceptors (Lipinski definition) is 4. The van der Waals surface area contributed by atoms with Crippen LogP contribution in [0.2, 0.25) is 0 Å². The Kier molecular flexibility index (Phi) is 4.90. The first kappa shape index (κ1) is 18.2. The predicted molar refractivity (Wildman–Crippen MR) is 107 cm³/mol. The molecule has 0 atom stereocenters. The molecule has 0 unspecified atom stereocenters. The lowest BCUT2D eigenvalue weighted by atomic mass is 10.1. The number of amides is 2. The zero-order chi connectivity index (χ0) is 20.2. The van der Waals surface area contributed by atoms with Gasteiger partial charge in [0.2, 0.25) is 0 Å². The van der Waals surface area contributed by atoms with Crippen molar-refractivity contribution in [3.05, 3.63) is 95.3 Å². The SMILES string of the molecule is O=C(Cn1cnc2ccccc2c1=O)NNC(=O)c1ccccc1-n1cccc1. The van der Waals surface area contributed by atoms with E-state index in [4.69, 9.17) is 0 Å². The fourth-order valence-electron chi connectivity index (χ4n) is 2.99. The van der Waals surface area contributed by atoms with Crippen LogP contribution in [0.25, 0.3) is 16.6 Å². The molecule has 8 nitrogen and oxygen atoms in total. The number of nitrogens with one attached hydrogen (secondary N) is 2. The van der Waals surface area contributed by atoms with E-state index in [2.05, 4.69) is 15.8 Å². The number of fused-ring (bicyclic) bond motifs is 1. The maximum atomic E-state index is 12.5. The molecule has 2 N–H and O–H groups in total. The average Bonchev–Trinajstić information content (AvgIpc) is 3.29. The van der Waals surface area contributed by atoms with Crippen LogP contribution >= 0.6 is 0 Å². The molecular weight excluding hydrogens is 370 g/mol. The molecule has 2 aromatic carbocycles. The summed E-state index contributed by atoms with van der Waals surface area (Å²) in [7, 11) is 0. The molecule has 0 bridgehead atoms. The molecule has 0 aliphatic heterocycles. The third kappa shape index (κ3) is 3.77. The third-order valence-corrected chi connectivity index (χ3v) is 4.39. The summed E-state index contributed by atoms with van der Waals surface area (Å²) in [5.41, 5.74) is 6.04. The molecule has 2 aromatic heterocycles. The van der Waals surface area contributed by atoms with Gasteiger partial charge in [-0.15, -0.1) is 0 Å². The molecule has 4 rings (SSSR count). The van der Waals surface area contributed by atoms with Gasteiger partial charge in [0.15, 0.2) is 0 Å². The van der Waals surface area contributed by atoms with Gasteiger partial charge in [-0.2, -0.15) is 0 Å². The Labute approximate surface area is 165 Å². The first-order valence-electron chi connectivity index (χ1n) is 8.89. The number of benzene rings is 2. The fourth-order valence-corrected chi connectivity index (χ4v) is 2.99. The second-order valence-corrected chi connectivity index (χ2v) is 6.30. The number of carbonyl (C=O) groups is 2. The number of nitrogens with zero attached hydrogens (tertiary/aromatic N) is 3. The molecule has 29 heavy (non-hydrogen) atoms. The van der Waals surface area contributed by atoms with Crippen LogP contribution in [0.4, 0.5) is 0 Å². The molecule has 0 radical (unpaired) electrons. The number of aromatic nitrogens is 3. The molecule has 0 aliphatic rings. The highest BCUT2D eigenvalue weighted by atomic mass is 16.2. The minimum Gasteiger partial charge on any atom is -0.323 e. The lowest BCUT2D eigenvalue weighted by Crippen LogP contribution is -2.44. The molecule has 2 heterocycles. The largest absolute Gasteiger partial charge is 0.323 e. The van der Waals surface area contributed by atoms with E-state index in [9.17, 15) is 14.4 Å². The molecule has 0 saturated heterocycles. The van der Waals surface area contributed by atoms with Crippen LogP contribution in [0.3, 0.4) is 0 Å². The average molecular weight is 387 g/mol. The van der Waals surface area contributed by atoms with Gasteiger partial charge in [0.05, 0.1) is 28.5 Å². The molecule has 4 aromatic rings. The van der Waals surface area contributed by atoms with Crippen LogP contribution in [-0.4, -0.2) is 25.9 Å². The molecule has 0 spiro atoms. The Morgan fingerprint density at radius 3 is 2.45 bits per heavy atom. The van der Waals surface area contributed by atoms with Gasteiger partial charge in [-0.3, -0.25) is 29.8 Å². The Morgan fingerprint density at radius 1 is 0.897 bits per heavy atom. The first-order chi connectivity index (χ1) is 14.1. The smallest absolute Gasteiger partial charge is 0.271 e. The van der Waals surface area contributed by atoms with Crippen LogP contribution in [0.15, 0.2) is 84.2 Å². The molecular formula is C21H17N5O3. The van der Waals surface area contributed by atoms with E-state index in [1.165, 1.54) is 10.9 Å². The van der Waals surface area contributed by atoms with Crippen molar-refractivity contribution in [1.82, 2.24) is 25.0 Å². The molecule has 2 amide bonds. The fraction of sp³-hybridized carbons (Fsp3) is 0.0476. The maximum absolute atomic E-state index is 12.5. The van der Waals surface area contributed by atoms with E-state index in [0.29, 0.717) is 22.2 Å². The summed E-state index contributed by atoms with van der Waals surface area (Å²) in [5, 5.41) is 0.424. The highest BCUT2D eigenvalue weighted by Gasteiger charge is 2.13. The zero-order valence-electron chi connectivity index (χ0n) is 15.3. The normalized spacial score (nSPS) is 10.6. The number of carbonyl (C=O) groups excluding carboxylic acids is 2. The van der Waals surface area contributed by atoms with Gasteiger partial charge in [-0.1, -0.05) is 24.3 Å². The van der Waals surface area contributed by atoms with E-state index in [1.54, 1.807) is 47.0 Å². The summed E-state index contributed by atoms with van der Waals surface area (Å²) in [6.07, 6.45) is 4.96. The van der Waals surface area contributed by atoms with Crippen LogP contribution < -0.4 is 16.4 Å². The molecule has 0 fully saturated rings. The Balaban J connectivity index is 1.45. The standard InChI is InChI=1S/C21H17N5O3/c27-19(13-26-14-22-17-9-3-1-7-15(17)21(26)29)23-24-20(28)16-8-2-4-10-18(16)25-11-5-6-12-25/h1-12,14H,13H2,(H,23,27)(H,24,28). The molecule has 0 aliphatic carbocycles. The summed E-state index contributed by atoms with van der Waals surface area (Å²) >= 11 is 0. The van der Waals surface area contributed by atoms with Crippen molar-refractivity contribution in [2.45, 2.75) is 6.54 Å². The number of rotatable bonds is 4. The Morgan fingerprint density at radius 2 is 1.62 bits per heavy atom. The minimum atomic E-state index is -0.545. The van der Waals surface area contributed by atoms with E-state index in [-0.39, 0.29) is 12.1 Å². The topological polar surface area (TPSA) is 98.0 Å². The first-order valence-corrected chi connectivity index (χ1v) is 8.89. The summed E-state index contributed by atoms with van der Waals surface area (Å²) in [6.45, 7) is -0.268. The lowest BCUT2D eigenvalue weighted by molar-refractivity contribution is -0.122. The Bertz CT molecular complexity index is 1240. The van der Waals surface area contributed by atoms with Crippen molar-refractivity contribution in [3.63, 3.8) is 0 Å². The lowest BCUT2D eigenvalue weighted by Gasteiger charge is -2.12. The highest BCUT2D eigenvalue weighted by Crippen LogP contribution is 2.14. The highest BCUT2D eigenvalue weighted by molar-refractivity contribution is 5.98. The van der Waals surface area contributed by atoms with Gasteiger partial charge in [-0.05, 0) is 36.4 Å². The van der Waals surface area contributed by atoms with Crippen molar-refractivity contribution in [2.75, 3.05) is 0 Å². The second kappa shape index (κ2) is 7.81. The Hall–Kier alpha value is -4.20. The number of para-hydroxylation sites is 2. The van der Waals surface area contributed by atoms with Gasteiger partial charge in [0, 0.05) is 12.4 Å². The number of hydrazine groups is 1. The van der Waals surface area contributed by atoms with Crippen LogP contribution in [-0.2, 0) is 11.3 Å². The van der Waals surface area contributed by atoms with Crippen molar-refractivity contribution in [1.29, 1.82) is 0 Å². The zero-order valence-corrected chi connectivity index (χ0v) is 15.3. The molecule has 8 heteroatoms. The van der Waals surface area contributed by atoms with Gasteiger partial charge < -0.3 is 4.57 Å². The van der Waals surface area contributed by atoms with E-state index < -0.39 is 11.8 Å². The third-order valence-electron chi connectivity index (χ3n) is 4.39. The summed E-state index contributed by atoms with van der Waals surface area (Å²) in [4.78, 5) is 41.4. The van der Waals surface area contributed by atoms with E-state index >= 15 is 0 Å². The van der Waals surface area contributed by atoms with E-state index in [1.807, 2.05) is 30.6 Å². The van der Waals surface area contributed by atoms with Crippen molar-refractivity contribution in [2.24, 2.45) is 0 Å². The van der Waals surface area contributed by atoms with Crippen LogP contribution in [0.1, 0.15) is 10.4 Å². The molecule has 144 valence electrons. The van der Waals surface area contributed by atoms with Crippen LogP contribution in [0, 0.1) is 0 Å². The van der Waals surface area contributed by atoms with Crippen LogP contribution in [0.5, 0.6) is 0 Å². The predicted octanol–water partition coefficient (Wildman–Crippen LogP) is 1.65. The van der Waals surface area contributed by atoms with Crippen molar-refractivity contribution in [3.8, 4) is 5.69 Å². The number of hydrogen-bond donors (Lipinski definition) is 2. The van der Waals surface area contributed by atoms with Gasteiger partial charge in [0.25, 0.3) is 17.4 Å². The summed E-state index contributed by atoms with van der Waals surface area (Å²) < 4.78 is 2.99.